The van der Waals surface area contributed by atoms with E-state index in [1.165, 1.54) is 4.90 Å². The Hall–Kier alpha value is -2.18. The third-order valence-corrected chi connectivity index (χ3v) is 4.07. The van der Waals surface area contributed by atoms with Gasteiger partial charge in [-0.3, -0.25) is 4.90 Å². The number of imide groups is 1. The van der Waals surface area contributed by atoms with E-state index in [9.17, 15) is 14.4 Å². The summed E-state index contributed by atoms with van der Waals surface area (Å²) in [6, 6.07) is 3.37. The molecule has 0 aliphatic carbocycles. The second-order valence-corrected chi connectivity index (χ2v) is 11.4. The molecule has 33 heavy (non-hydrogen) atoms. The van der Waals surface area contributed by atoms with Crippen LogP contribution in [0.5, 0.6) is 0 Å². The number of halogens is 1. The van der Waals surface area contributed by atoms with E-state index in [1.807, 2.05) is 22.6 Å². The Morgan fingerprint density at radius 1 is 0.758 bits per heavy atom. The highest BCUT2D eigenvalue weighted by Gasteiger charge is 2.32. The molecule has 186 valence electrons. The molecule has 0 aromatic carbocycles. The average molecular weight is 578 g/mol. The van der Waals surface area contributed by atoms with Crippen LogP contribution in [0.15, 0.2) is 12.1 Å². The van der Waals surface area contributed by atoms with Gasteiger partial charge in [0.05, 0.1) is 0 Å². The van der Waals surface area contributed by atoms with Crippen LogP contribution in [0.3, 0.4) is 0 Å². The third kappa shape index (κ3) is 11.5. The van der Waals surface area contributed by atoms with Crippen LogP contribution in [0.4, 0.5) is 20.2 Å². The first-order chi connectivity index (χ1) is 14.9. The summed E-state index contributed by atoms with van der Waals surface area (Å²) in [5.74, 6) is 0.297. The largest absolute Gasteiger partial charge is 0.443 e. The van der Waals surface area contributed by atoms with Gasteiger partial charge in [0, 0.05) is 13.1 Å². The number of ether oxygens (including phenoxy) is 3. The number of amides is 3. The van der Waals surface area contributed by atoms with Crippen LogP contribution >= 0.6 is 22.6 Å². The highest BCUT2D eigenvalue weighted by molar-refractivity contribution is 14.1. The first-order valence-electron chi connectivity index (χ1n) is 10.6. The fourth-order valence-electron chi connectivity index (χ4n) is 2.35. The van der Waals surface area contributed by atoms with Crippen LogP contribution in [0.2, 0.25) is 0 Å². The molecule has 0 aliphatic rings. The van der Waals surface area contributed by atoms with Crippen LogP contribution in [-0.4, -0.2) is 63.3 Å². The van der Waals surface area contributed by atoms with E-state index in [0.717, 1.165) is 4.90 Å². The quantitative estimate of drug-likeness (QED) is 0.338. The molecule has 0 bridgehead atoms. The molecule has 0 radical (unpaired) electrons. The highest BCUT2D eigenvalue weighted by Crippen LogP contribution is 2.18. The van der Waals surface area contributed by atoms with Gasteiger partial charge in [0.25, 0.3) is 0 Å². The molecule has 10 nitrogen and oxygen atoms in total. The van der Waals surface area contributed by atoms with Gasteiger partial charge in [-0.15, -0.1) is 10.2 Å². The number of rotatable bonds is 5. The third-order valence-electron chi connectivity index (χ3n) is 3.50. The Morgan fingerprint density at radius 3 is 1.61 bits per heavy atom. The fraction of sp³-hybridized carbons (Fsp3) is 0.682. The molecular formula is C22H35IN4O6. The number of carbonyl (C=O) groups is 3. The van der Waals surface area contributed by atoms with Crippen molar-refractivity contribution < 1.29 is 28.6 Å². The number of anilines is 1. The number of aromatic nitrogens is 2. The van der Waals surface area contributed by atoms with E-state index in [-0.39, 0.29) is 19.5 Å². The lowest BCUT2D eigenvalue weighted by Gasteiger charge is -2.29. The lowest BCUT2D eigenvalue weighted by atomic mass is 10.2. The van der Waals surface area contributed by atoms with Gasteiger partial charge in [0.1, 0.15) is 20.5 Å². The molecule has 3 amide bonds. The predicted molar refractivity (Wildman–Crippen MR) is 132 cm³/mol. The van der Waals surface area contributed by atoms with Gasteiger partial charge >= 0.3 is 18.3 Å². The van der Waals surface area contributed by atoms with Crippen molar-refractivity contribution in [3.63, 3.8) is 0 Å². The molecule has 0 spiro atoms. The van der Waals surface area contributed by atoms with Crippen LogP contribution in [0, 0.1) is 3.70 Å². The van der Waals surface area contributed by atoms with E-state index < -0.39 is 35.1 Å². The highest BCUT2D eigenvalue weighted by atomic mass is 127. The van der Waals surface area contributed by atoms with Gasteiger partial charge < -0.3 is 14.2 Å². The molecule has 0 N–H and O–H groups in total. The normalized spacial score (nSPS) is 12.1. The Kier molecular flexibility index (Phi) is 9.88. The summed E-state index contributed by atoms with van der Waals surface area (Å²) in [6.07, 6.45) is -2.03. The average Bonchev–Trinajstić information content (AvgIpc) is 2.58. The monoisotopic (exact) mass is 578 g/mol. The second-order valence-electron chi connectivity index (χ2n) is 10.3. The molecule has 0 fully saturated rings. The topological polar surface area (TPSA) is 111 Å². The molecular weight excluding hydrogens is 543 g/mol. The number of nitrogens with zero attached hydrogens (tertiary/aromatic N) is 4. The van der Waals surface area contributed by atoms with Gasteiger partial charge in [-0.25, -0.2) is 19.3 Å². The minimum Gasteiger partial charge on any atom is -0.443 e. The fourth-order valence-corrected chi connectivity index (χ4v) is 2.64. The van der Waals surface area contributed by atoms with E-state index >= 15 is 0 Å². The first-order valence-corrected chi connectivity index (χ1v) is 11.7. The Balaban J connectivity index is 3.04. The molecule has 0 unspecified atom stereocenters. The van der Waals surface area contributed by atoms with Gasteiger partial charge in [0.2, 0.25) is 0 Å². The summed E-state index contributed by atoms with van der Waals surface area (Å²) in [7, 11) is 0. The van der Waals surface area contributed by atoms with E-state index in [4.69, 9.17) is 14.2 Å². The molecule has 0 saturated heterocycles. The number of hydrogen-bond acceptors (Lipinski definition) is 8. The van der Waals surface area contributed by atoms with E-state index in [2.05, 4.69) is 10.2 Å². The SMILES string of the molecule is CC(C)(C)OC(=O)N(CCCN(C(=O)OC(C)(C)C)c1ccc(I)nn1)C(=O)OC(C)(C)C. The van der Waals surface area contributed by atoms with Crippen LogP contribution in [-0.2, 0) is 14.2 Å². The maximum absolute atomic E-state index is 12.8. The number of hydrogen-bond donors (Lipinski definition) is 0. The zero-order chi connectivity index (χ0) is 25.6. The molecule has 11 heteroatoms. The summed E-state index contributed by atoms with van der Waals surface area (Å²) in [6.45, 7) is 15.6. The molecule has 1 rings (SSSR count). The van der Waals surface area contributed by atoms with E-state index in [1.54, 1.807) is 74.4 Å². The van der Waals surface area contributed by atoms with Crippen molar-refractivity contribution in [3.8, 4) is 0 Å². The van der Waals surface area contributed by atoms with Gasteiger partial charge in [-0.05, 0) is 103 Å². The lowest BCUT2D eigenvalue weighted by molar-refractivity contribution is 0.00141. The summed E-state index contributed by atoms with van der Waals surface area (Å²) >= 11 is 2.01. The predicted octanol–water partition coefficient (Wildman–Crippen LogP) is 5.39. The maximum atomic E-state index is 12.8. The zero-order valence-corrected chi connectivity index (χ0v) is 23.0. The summed E-state index contributed by atoms with van der Waals surface area (Å²) in [5, 5.41) is 8.05. The van der Waals surface area contributed by atoms with Crippen molar-refractivity contribution in [2.24, 2.45) is 0 Å². The minimum absolute atomic E-state index is 0.0408. The van der Waals surface area contributed by atoms with Crippen molar-refractivity contribution in [1.82, 2.24) is 15.1 Å². The van der Waals surface area contributed by atoms with Crippen molar-refractivity contribution in [3.05, 3.63) is 15.8 Å². The Morgan fingerprint density at radius 2 is 1.21 bits per heavy atom. The summed E-state index contributed by atoms with van der Waals surface area (Å²) < 4.78 is 16.9. The molecule has 0 aliphatic heterocycles. The van der Waals surface area contributed by atoms with Crippen molar-refractivity contribution in [2.75, 3.05) is 18.0 Å². The van der Waals surface area contributed by atoms with Crippen LogP contribution in [0.1, 0.15) is 68.7 Å². The van der Waals surface area contributed by atoms with Gasteiger partial charge in [-0.1, -0.05) is 0 Å². The smallest absolute Gasteiger partial charge is 0.419 e. The maximum Gasteiger partial charge on any atom is 0.419 e. The molecule has 1 aromatic rings. The van der Waals surface area contributed by atoms with Crippen LogP contribution in [0.25, 0.3) is 0 Å². The van der Waals surface area contributed by atoms with Gasteiger partial charge in [-0.2, -0.15) is 0 Å². The molecule has 0 atom stereocenters. The molecule has 1 aromatic heterocycles. The summed E-state index contributed by atoms with van der Waals surface area (Å²) in [5.41, 5.74) is -2.31. The zero-order valence-electron chi connectivity index (χ0n) is 20.9. The van der Waals surface area contributed by atoms with Gasteiger partial charge in [0.15, 0.2) is 5.82 Å². The Labute approximate surface area is 209 Å². The molecule has 1 heterocycles. The second kappa shape index (κ2) is 11.3. The Bertz CT molecular complexity index is 797. The first kappa shape index (κ1) is 28.9. The molecule has 0 saturated carbocycles. The van der Waals surface area contributed by atoms with E-state index in [0.29, 0.717) is 9.52 Å². The lowest BCUT2D eigenvalue weighted by Crippen LogP contribution is -2.45. The standard InChI is InChI=1S/C22H35IN4O6/c1-20(2,3)31-17(28)26(16-12-11-15(23)24-25-16)13-10-14-27(18(29)32-21(4,5)6)19(30)33-22(7,8)9/h11-12H,10,13-14H2,1-9H3. The van der Waals surface area contributed by atoms with Crippen molar-refractivity contribution >= 4 is 46.7 Å². The minimum atomic E-state index is -0.824. The number of carbonyl (C=O) groups excluding carboxylic acids is 3. The summed E-state index contributed by atoms with van der Waals surface area (Å²) in [4.78, 5) is 40.3. The van der Waals surface area contributed by atoms with Crippen LogP contribution < -0.4 is 4.90 Å². The van der Waals surface area contributed by atoms with Crippen molar-refractivity contribution in [2.45, 2.75) is 85.5 Å². The van der Waals surface area contributed by atoms with Crippen molar-refractivity contribution in [1.29, 1.82) is 0 Å².